The van der Waals surface area contributed by atoms with Crippen molar-refractivity contribution in [1.29, 1.82) is 0 Å². The lowest BCUT2D eigenvalue weighted by atomic mass is 10.1. The maximum absolute atomic E-state index is 13.9. The van der Waals surface area contributed by atoms with Gasteiger partial charge in [-0.3, -0.25) is 10.1 Å². The van der Waals surface area contributed by atoms with Crippen molar-refractivity contribution < 1.29 is 27.4 Å². The third kappa shape index (κ3) is 6.40. The van der Waals surface area contributed by atoms with E-state index < -0.39 is 22.7 Å². The molecule has 0 unspecified atom stereocenters. The number of rotatable bonds is 8. The van der Waals surface area contributed by atoms with E-state index in [1.165, 1.54) is 18.2 Å². The zero-order valence-electron chi connectivity index (χ0n) is 16.7. The molecule has 1 heterocycles. The van der Waals surface area contributed by atoms with Gasteiger partial charge >= 0.3 is 0 Å². The van der Waals surface area contributed by atoms with E-state index in [2.05, 4.69) is 10.3 Å². The van der Waals surface area contributed by atoms with Crippen molar-refractivity contribution in [2.75, 3.05) is 19.0 Å². The highest BCUT2D eigenvalue weighted by Gasteiger charge is 2.13. The molecule has 162 valence electrons. The lowest BCUT2D eigenvalue weighted by Gasteiger charge is -2.15. The summed E-state index contributed by atoms with van der Waals surface area (Å²) in [7, 11) is 1.54. The van der Waals surface area contributed by atoms with Gasteiger partial charge in [-0.2, -0.15) is 4.39 Å². The Kier molecular flexibility index (Phi) is 7.43. The number of anilines is 1. The van der Waals surface area contributed by atoms with Crippen LogP contribution in [0.4, 0.5) is 18.3 Å². The Morgan fingerprint density at radius 1 is 1.19 bits per heavy atom. The molecule has 0 bridgehead atoms. The SMILES string of the molecule is COC[C@H](C)Oc1cc(/C=C/c2cc(F)ccc2F)cc(C(=O)Nc2ncc(F)s2)c1. The summed E-state index contributed by atoms with van der Waals surface area (Å²) < 4.78 is 51.3. The number of halogens is 3. The molecule has 0 aliphatic heterocycles. The van der Waals surface area contributed by atoms with Gasteiger partial charge in [0.1, 0.15) is 23.5 Å². The number of amides is 1. The molecule has 1 amide bonds. The minimum absolute atomic E-state index is 0.0586. The second-order valence-corrected chi connectivity index (χ2v) is 7.58. The number of carbonyl (C=O) groups excluding carboxylic acids is 1. The first-order chi connectivity index (χ1) is 14.8. The average molecular weight is 448 g/mol. The second-order valence-electron chi connectivity index (χ2n) is 6.60. The van der Waals surface area contributed by atoms with E-state index in [4.69, 9.17) is 9.47 Å². The van der Waals surface area contributed by atoms with Gasteiger partial charge in [0.15, 0.2) is 10.3 Å². The number of benzene rings is 2. The van der Waals surface area contributed by atoms with Gasteiger partial charge in [-0.05, 0) is 48.9 Å². The maximum Gasteiger partial charge on any atom is 0.257 e. The molecule has 1 atom stereocenters. The van der Waals surface area contributed by atoms with Crippen LogP contribution in [0.15, 0.2) is 42.6 Å². The van der Waals surface area contributed by atoms with Crippen LogP contribution in [-0.2, 0) is 4.74 Å². The Morgan fingerprint density at radius 2 is 2.00 bits per heavy atom. The van der Waals surface area contributed by atoms with Gasteiger partial charge in [-0.25, -0.2) is 13.8 Å². The van der Waals surface area contributed by atoms with Gasteiger partial charge in [0.05, 0.1) is 12.8 Å². The highest BCUT2D eigenvalue weighted by atomic mass is 32.1. The van der Waals surface area contributed by atoms with E-state index in [1.807, 2.05) is 0 Å². The van der Waals surface area contributed by atoms with E-state index in [0.29, 0.717) is 29.3 Å². The molecule has 31 heavy (non-hydrogen) atoms. The van der Waals surface area contributed by atoms with Crippen LogP contribution in [0.25, 0.3) is 12.2 Å². The standard InChI is InChI=1S/C22H19F3N2O3S/c1-13(12-29-2)30-18-8-14(3-4-15-9-17(23)5-6-19(15)24)7-16(10-18)21(28)27-22-26-11-20(25)31-22/h3-11,13H,12H2,1-2H3,(H,26,27,28)/b4-3+/t13-/m0/s1. The summed E-state index contributed by atoms with van der Waals surface area (Å²) in [5.74, 6) is -1.29. The van der Waals surface area contributed by atoms with Crippen molar-refractivity contribution in [3.63, 3.8) is 0 Å². The fraction of sp³-hybridized carbons (Fsp3) is 0.182. The number of aromatic nitrogens is 1. The maximum atomic E-state index is 13.9. The molecule has 1 N–H and O–H groups in total. The minimum atomic E-state index is -0.581. The van der Waals surface area contributed by atoms with Gasteiger partial charge in [0, 0.05) is 18.2 Å². The minimum Gasteiger partial charge on any atom is -0.488 e. The van der Waals surface area contributed by atoms with E-state index in [1.54, 1.807) is 26.2 Å². The van der Waals surface area contributed by atoms with Crippen LogP contribution >= 0.6 is 11.3 Å². The summed E-state index contributed by atoms with van der Waals surface area (Å²) in [4.78, 5) is 16.4. The molecule has 0 saturated carbocycles. The number of hydrogen-bond acceptors (Lipinski definition) is 5. The van der Waals surface area contributed by atoms with Crippen molar-refractivity contribution in [3.8, 4) is 5.75 Å². The molecule has 2 aromatic carbocycles. The zero-order valence-corrected chi connectivity index (χ0v) is 17.5. The van der Waals surface area contributed by atoms with Gasteiger partial charge in [0.25, 0.3) is 5.91 Å². The van der Waals surface area contributed by atoms with E-state index in [9.17, 15) is 18.0 Å². The average Bonchev–Trinajstić information content (AvgIpc) is 3.13. The number of carbonyl (C=O) groups is 1. The summed E-state index contributed by atoms with van der Waals surface area (Å²) in [5.41, 5.74) is 0.793. The molecule has 3 aromatic rings. The van der Waals surface area contributed by atoms with Gasteiger partial charge in [-0.15, -0.1) is 0 Å². The fourth-order valence-corrected chi connectivity index (χ4v) is 3.27. The molecular formula is C22H19F3N2O3S. The topological polar surface area (TPSA) is 60.5 Å². The number of methoxy groups -OCH3 is 1. The molecule has 0 aliphatic rings. The number of ether oxygens (including phenoxy) is 2. The number of hydrogen-bond donors (Lipinski definition) is 1. The molecule has 0 fully saturated rings. The Labute approximate surface area is 181 Å². The van der Waals surface area contributed by atoms with Gasteiger partial charge < -0.3 is 9.47 Å². The molecule has 0 spiro atoms. The van der Waals surface area contributed by atoms with E-state index in [0.717, 1.165) is 24.4 Å². The molecule has 1 aromatic heterocycles. The smallest absolute Gasteiger partial charge is 0.257 e. The predicted octanol–water partition coefficient (Wildman–Crippen LogP) is 5.40. The third-order valence-electron chi connectivity index (χ3n) is 4.04. The van der Waals surface area contributed by atoms with Crippen LogP contribution in [0.2, 0.25) is 0 Å². The zero-order chi connectivity index (χ0) is 22.4. The van der Waals surface area contributed by atoms with Crippen molar-refractivity contribution in [1.82, 2.24) is 4.98 Å². The van der Waals surface area contributed by atoms with Gasteiger partial charge in [0.2, 0.25) is 0 Å². The van der Waals surface area contributed by atoms with Crippen molar-refractivity contribution in [2.45, 2.75) is 13.0 Å². The van der Waals surface area contributed by atoms with Gasteiger partial charge in [-0.1, -0.05) is 23.5 Å². The Morgan fingerprint density at radius 3 is 2.71 bits per heavy atom. The van der Waals surface area contributed by atoms with Crippen LogP contribution in [0.1, 0.15) is 28.4 Å². The van der Waals surface area contributed by atoms with E-state index in [-0.39, 0.29) is 22.4 Å². The van der Waals surface area contributed by atoms with Crippen LogP contribution in [0, 0.1) is 16.8 Å². The van der Waals surface area contributed by atoms with Crippen LogP contribution < -0.4 is 10.1 Å². The van der Waals surface area contributed by atoms with Crippen molar-refractivity contribution in [2.24, 2.45) is 0 Å². The molecule has 0 saturated heterocycles. The van der Waals surface area contributed by atoms with Crippen molar-refractivity contribution in [3.05, 3.63) is 76.1 Å². The van der Waals surface area contributed by atoms with Crippen LogP contribution in [-0.4, -0.2) is 30.7 Å². The summed E-state index contributed by atoms with van der Waals surface area (Å²) >= 11 is 0.698. The predicted molar refractivity (Wildman–Crippen MR) is 114 cm³/mol. The summed E-state index contributed by atoms with van der Waals surface area (Å²) in [6.07, 6.45) is 3.64. The normalized spacial score (nSPS) is 12.2. The molecule has 3 rings (SSSR count). The third-order valence-corrected chi connectivity index (χ3v) is 4.74. The number of nitrogens with one attached hydrogen (secondary N) is 1. The number of nitrogens with zero attached hydrogens (tertiary/aromatic N) is 1. The monoisotopic (exact) mass is 448 g/mol. The summed E-state index contributed by atoms with van der Waals surface area (Å²) in [6.45, 7) is 2.13. The lowest BCUT2D eigenvalue weighted by Crippen LogP contribution is -2.18. The molecular weight excluding hydrogens is 429 g/mol. The molecule has 5 nitrogen and oxygen atoms in total. The first kappa shape index (κ1) is 22.5. The largest absolute Gasteiger partial charge is 0.488 e. The highest BCUT2D eigenvalue weighted by molar-refractivity contribution is 7.14. The molecule has 0 radical (unpaired) electrons. The van der Waals surface area contributed by atoms with Crippen molar-refractivity contribution >= 4 is 34.5 Å². The second kappa shape index (κ2) is 10.2. The van der Waals surface area contributed by atoms with E-state index >= 15 is 0 Å². The quantitative estimate of drug-likeness (QED) is 0.469. The number of thiazole rings is 1. The highest BCUT2D eigenvalue weighted by Crippen LogP contribution is 2.23. The Hall–Kier alpha value is -3.17. The lowest BCUT2D eigenvalue weighted by molar-refractivity contribution is 0.0917. The Bertz CT molecular complexity index is 1100. The fourth-order valence-electron chi connectivity index (χ4n) is 2.73. The van der Waals surface area contributed by atoms with Crippen LogP contribution in [0.3, 0.4) is 0 Å². The Balaban J connectivity index is 1.91. The first-order valence-electron chi connectivity index (χ1n) is 9.20. The first-order valence-corrected chi connectivity index (χ1v) is 10.0. The summed E-state index contributed by atoms with van der Waals surface area (Å²) in [6, 6.07) is 7.85. The molecule has 0 aliphatic carbocycles. The summed E-state index contributed by atoms with van der Waals surface area (Å²) in [5, 5.41) is 2.10. The van der Waals surface area contributed by atoms with Crippen LogP contribution in [0.5, 0.6) is 5.75 Å². The molecule has 9 heteroatoms.